The van der Waals surface area contributed by atoms with E-state index >= 15 is 0 Å². The molecule has 2 atom stereocenters. The van der Waals surface area contributed by atoms with Crippen LogP contribution in [0.2, 0.25) is 0 Å². The van der Waals surface area contributed by atoms with Crippen LogP contribution in [0.15, 0.2) is 33.4 Å². The summed E-state index contributed by atoms with van der Waals surface area (Å²) in [6.07, 6.45) is 5.17. The normalized spacial score (nSPS) is 19.6. The number of furan rings is 1. The number of rotatable bonds is 6. The monoisotopic (exact) mass is 348 g/mol. The van der Waals surface area contributed by atoms with Crippen LogP contribution in [0.25, 0.3) is 0 Å². The Morgan fingerprint density at radius 1 is 1.48 bits per heavy atom. The largest absolute Gasteiger partial charge is 0.467 e. The molecule has 2 aromatic rings. The minimum Gasteiger partial charge on any atom is -0.467 e. The number of aromatic nitrogens is 1. The van der Waals surface area contributed by atoms with Crippen LogP contribution in [0.3, 0.4) is 0 Å². The number of carbonyl (C=O) groups is 1. The minimum absolute atomic E-state index is 0.0577. The van der Waals surface area contributed by atoms with E-state index in [0.29, 0.717) is 24.5 Å². The van der Waals surface area contributed by atoms with Crippen LogP contribution in [0, 0.1) is 0 Å². The van der Waals surface area contributed by atoms with Crippen LogP contribution in [0.4, 0.5) is 0 Å². The Labute approximate surface area is 146 Å². The zero-order chi connectivity index (χ0) is 17.6. The number of carbonyl (C=O) groups excluding carboxylic acids is 1. The highest BCUT2D eigenvalue weighted by Gasteiger charge is 2.30. The van der Waals surface area contributed by atoms with Gasteiger partial charge in [-0.15, -0.1) is 0 Å². The number of hydrogen-bond acceptors (Lipinski definition) is 6. The summed E-state index contributed by atoms with van der Waals surface area (Å²) in [4.78, 5) is 14.7. The van der Waals surface area contributed by atoms with E-state index < -0.39 is 6.10 Å². The molecule has 0 radical (unpaired) electrons. The summed E-state index contributed by atoms with van der Waals surface area (Å²) < 4.78 is 15.4. The van der Waals surface area contributed by atoms with Gasteiger partial charge in [-0.2, -0.15) is 0 Å². The standard InChI is InChI=1S/C18H24N2O5/c1-23-12-14-11-15(19-25-14)18(22)20-8-4-2-3-6-13(20)10-16(21)17-7-5-9-24-17/h5,7,9,11,13,16,21H,2-4,6,8,10,12H2,1H3. The summed E-state index contributed by atoms with van der Waals surface area (Å²) in [6, 6.07) is 5.07. The molecule has 25 heavy (non-hydrogen) atoms. The van der Waals surface area contributed by atoms with Crippen molar-refractivity contribution in [1.29, 1.82) is 0 Å². The highest BCUT2D eigenvalue weighted by molar-refractivity contribution is 5.92. The number of ether oxygens (including phenoxy) is 1. The number of amides is 1. The van der Waals surface area contributed by atoms with Crippen molar-refractivity contribution in [2.75, 3.05) is 13.7 Å². The number of hydrogen-bond donors (Lipinski definition) is 1. The van der Waals surface area contributed by atoms with Crippen LogP contribution < -0.4 is 0 Å². The van der Waals surface area contributed by atoms with Gasteiger partial charge in [-0.1, -0.05) is 18.0 Å². The van der Waals surface area contributed by atoms with Crippen LogP contribution in [-0.2, 0) is 11.3 Å². The third-order valence-electron chi connectivity index (χ3n) is 4.57. The first-order valence-electron chi connectivity index (χ1n) is 8.66. The van der Waals surface area contributed by atoms with Crippen molar-refractivity contribution in [2.24, 2.45) is 0 Å². The van der Waals surface area contributed by atoms with Gasteiger partial charge in [0.1, 0.15) is 18.5 Å². The molecule has 0 aromatic carbocycles. The quantitative estimate of drug-likeness (QED) is 0.863. The molecule has 7 nitrogen and oxygen atoms in total. The number of nitrogens with zero attached hydrogens (tertiary/aromatic N) is 2. The number of aliphatic hydroxyl groups is 1. The van der Waals surface area contributed by atoms with Crippen molar-refractivity contribution in [3.63, 3.8) is 0 Å². The molecule has 1 amide bonds. The second kappa shape index (κ2) is 8.31. The molecule has 7 heteroatoms. The van der Waals surface area contributed by atoms with Gasteiger partial charge in [0.2, 0.25) is 0 Å². The molecule has 3 rings (SSSR count). The van der Waals surface area contributed by atoms with Gasteiger partial charge in [-0.25, -0.2) is 0 Å². The maximum absolute atomic E-state index is 12.9. The van der Waals surface area contributed by atoms with E-state index in [0.717, 1.165) is 25.7 Å². The molecule has 3 heterocycles. The van der Waals surface area contributed by atoms with Gasteiger partial charge in [-0.3, -0.25) is 4.79 Å². The summed E-state index contributed by atoms with van der Waals surface area (Å²) in [7, 11) is 1.56. The lowest BCUT2D eigenvalue weighted by Crippen LogP contribution is -2.41. The molecule has 1 fully saturated rings. The topological polar surface area (TPSA) is 88.9 Å². The molecule has 1 N–H and O–H groups in total. The van der Waals surface area contributed by atoms with Crippen molar-refractivity contribution in [2.45, 2.75) is 50.9 Å². The smallest absolute Gasteiger partial charge is 0.276 e. The molecule has 2 unspecified atom stereocenters. The fraction of sp³-hybridized carbons (Fsp3) is 0.556. The third kappa shape index (κ3) is 4.29. The third-order valence-corrected chi connectivity index (χ3v) is 4.57. The van der Waals surface area contributed by atoms with Crippen molar-refractivity contribution in [1.82, 2.24) is 10.1 Å². The maximum Gasteiger partial charge on any atom is 0.276 e. The van der Waals surface area contributed by atoms with Crippen molar-refractivity contribution >= 4 is 5.91 Å². The molecule has 0 aliphatic carbocycles. The van der Waals surface area contributed by atoms with Gasteiger partial charge in [0.05, 0.1) is 6.26 Å². The maximum atomic E-state index is 12.9. The molecule has 0 spiro atoms. The van der Waals surface area contributed by atoms with E-state index in [4.69, 9.17) is 13.7 Å². The van der Waals surface area contributed by atoms with Crippen molar-refractivity contribution in [3.8, 4) is 0 Å². The molecule has 1 aliphatic heterocycles. The Kier molecular flexibility index (Phi) is 5.88. The number of methoxy groups -OCH3 is 1. The van der Waals surface area contributed by atoms with Crippen LogP contribution in [0.5, 0.6) is 0 Å². The van der Waals surface area contributed by atoms with E-state index in [1.807, 2.05) is 4.90 Å². The molecular formula is C18H24N2O5. The van der Waals surface area contributed by atoms with Gasteiger partial charge in [0.15, 0.2) is 11.5 Å². The van der Waals surface area contributed by atoms with E-state index in [9.17, 15) is 9.90 Å². The minimum atomic E-state index is -0.727. The highest BCUT2D eigenvalue weighted by Crippen LogP contribution is 2.27. The average molecular weight is 348 g/mol. The first-order chi connectivity index (χ1) is 12.2. The highest BCUT2D eigenvalue weighted by atomic mass is 16.5. The van der Waals surface area contributed by atoms with Crippen LogP contribution >= 0.6 is 0 Å². The Bertz CT molecular complexity index is 667. The molecule has 136 valence electrons. The van der Waals surface area contributed by atoms with Crippen molar-refractivity contribution < 1.29 is 23.6 Å². The molecule has 0 saturated carbocycles. The van der Waals surface area contributed by atoms with Gasteiger partial charge < -0.3 is 23.7 Å². The fourth-order valence-electron chi connectivity index (χ4n) is 3.32. The Morgan fingerprint density at radius 3 is 3.12 bits per heavy atom. The zero-order valence-electron chi connectivity index (χ0n) is 14.4. The van der Waals surface area contributed by atoms with Gasteiger partial charge in [-0.05, 0) is 25.0 Å². The van der Waals surface area contributed by atoms with E-state index in [1.165, 1.54) is 0 Å². The predicted molar refractivity (Wildman–Crippen MR) is 88.8 cm³/mol. The summed E-state index contributed by atoms with van der Waals surface area (Å²) in [5.74, 6) is 0.887. The Morgan fingerprint density at radius 2 is 2.36 bits per heavy atom. The molecule has 1 saturated heterocycles. The van der Waals surface area contributed by atoms with E-state index in [1.54, 1.807) is 31.6 Å². The molecule has 1 aliphatic rings. The zero-order valence-corrected chi connectivity index (χ0v) is 14.4. The SMILES string of the molecule is COCc1cc(C(=O)N2CCCCCC2CC(O)c2ccco2)no1. The second-order valence-electron chi connectivity index (χ2n) is 6.38. The fourth-order valence-corrected chi connectivity index (χ4v) is 3.32. The lowest BCUT2D eigenvalue weighted by Gasteiger charge is -2.30. The summed E-state index contributed by atoms with van der Waals surface area (Å²) in [6.45, 7) is 0.932. The number of likely N-dealkylation sites (tertiary alicyclic amines) is 1. The predicted octanol–water partition coefficient (Wildman–Crippen LogP) is 2.92. The summed E-state index contributed by atoms with van der Waals surface area (Å²) >= 11 is 0. The van der Waals surface area contributed by atoms with E-state index in [-0.39, 0.29) is 24.2 Å². The summed E-state index contributed by atoms with van der Waals surface area (Å²) in [5, 5.41) is 14.3. The summed E-state index contributed by atoms with van der Waals surface area (Å²) in [5.41, 5.74) is 0.284. The Hall–Kier alpha value is -2.12. The van der Waals surface area contributed by atoms with Gasteiger partial charge >= 0.3 is 0 Å². The first kappa shape index (κ1) is 17.7. The Balaban J connectivity index is 1.73. The number of aliphatic hydroxyl groups excluding tert-OH is 1. The first-order valence-corrected chi connectivity index (χ1v) is 8.66. The lowest BCUT2D eigenvalue weighted by atomic mass is 10.0. The molecule has 0 bridgehead atoms. The van der Waals surface area contributed by atoms with Gasteiger partial charge in [0.25, 0.3) is 5.91 Å². The van der Waals surface area contributed by atoms with Gasteiger partial charge in [0, 0.05) is 32.2 Å². The van der Waals surface area contributed by atoms with Crippen LogP contribution in [-0.4, -0.2) is 40.8 Å². The molecule has 2 aromatic heterocycles. The second-order valence-corrected chi connectivity index (χ2v) is 6.38. The van der Waals surface area contributed by atoms with E-state index in [2.05, 4.69) is 5.16 Å². The van der Waals surface area contributed by atoms with Crippen LogP contribution in [0.1, 0.15) is 60.2 Å². The van der Waals surface area contributed by atoms with Crippen molar-refractivity contribution in [3.05, 3.63) is 41.7 Å². The average Bonchev–Trinajstić information content (AvgIpc) is 3.24. The lowest BCUT2D eigenvalue weighted by molar-refractivity contribution is 0.0548. The molecular weight excluding hydrogens is 324 g/mol.